The zero-order valence-electron chi connectivity index (χ0n) is 10.6. The molecule has 9 nitrogen and oxygen atoms in total. The molecule has 110 valence electrons. The lowest BCUT2D eigenvalue weighted by molar-refractivity contribution is -0.385. The molecule has 0 saturated heterocycles. The standard InChI is InChI=1S/C12H10N2O7/c15-10(16)4-9(12(18)19)13-5-7-6(11(13)17)2-1-3-8(7)14(20)21/h1-3,9H,4-5H2,(H,15,16)(H,18,19). The van der Waals surface area contributed by atoms with Gasteiger partial charge in [0, 0.05) is 6.07 Å². The molecular weight excluding hydrogens is 284 g/mol. The molecule has 1 aliphatic heterocycles. The van der Waals surface area contributed by atoms with Gasteiger partial charge < -0.3 is 15.1 Å². The molecule has 1 aliphatic rings. The van der Waals surface area contributed by atoms with Crippen LogP contribution in [-0.4, -0.2) is 43.9 Å². The Morgan fingerprint density at radius 2 is 2.05 bits per heavy atom. The van der Waals surface area contributed by atoms with Gasteiger partial charge in [-0.25, -0.2) is 4.79 Å². The third-order valence-electron chi connectivity index (χ3n) is 3.20. The van der Waals surface area contributed by atoms with Crippen LogP contribution in [0.5, 0.6) is 0 Å². The minimum Gasteiger partial charge on any atom is -0.481 e. The van der Waals surface area contributed by atoms with Gasteiger partial charge in [0.05, 0.1) is 29.0 Å². The number of benzene rings is 1. The van der Waals surface area contributed by atoms with E-state index in [4.69, 9.17) is 10.2 Å². The van der Waals surface area contributed by atoms with E-state index in [1.165, 1.54) is 18.2 Å². The number of hydrogen-bond acceptors (Lipinski definition) is 5. The van der Waals surface area contributed by atoms with E-state index in [1.54, 1.807) is 0 Å². The molecule has 1 amide bonds. The van der Waals surface area contributed by atoms with Gasteiger partial charge in [-0.2, -0.15) is 0 Å². The second-order valence-corrected chi connectivity index (χ2v) is 4.45. The highest BCUT2D eigenvalue weighted by atomic mass is 16.6. The van der Waals surface area contributed by atoms with Gasteiger partial charge in [0.15, 0.2) is 0 Å². The summed E-state index contributed by atoms with van der Waals surface area (Å²) in [5.74, 6) is -3.57. The highest BCUT2D eigenvalue weighted by molar-refractivity contribution is 6.02. The Labute approximate surface area is 117 Å². The summed E-state index contributed by atoms with van der Waals surface area (Å²) in [5, 5.41) is 28.7. The molecule has 1 unspecified atom stereocenters. The quantitative estimate of drug-likeness (QED) is 0.594. The Morgan fingerprint density at radius 1 is 1.38 bits per heavy atom. The van der Waals surface area contributed by atoms with Crippen LogP contribution >= 0.6 is 0 Å². The van der Waals surface area contributed by atoms with Crippen molar-refractivity contribution in [3.63, 3.8) is 0 Å². The van der Waals surface area contributed by atoms with Crippen LogP contribution in [0, 0.1) is 10.1 Å². The number of hydrogen-bond donors (Lipinski definition) is 2. The molecule has 0 aliphatic carbocycles. The van der Waals surface area contributed by atoms with Crippen molar-refractivity contribution in [2.45, 2.75) is 19.0 Å². The first-order valence-electron chi connectivity index (χ1n) is 5.84. The van der Waals surface area contributed by atoms with Crippen molar-refractivity contribution in [1.29, 1.82) is 0 Å². The number of amides is 1. The van der Waals surface area contributed by atoms with Crippen molar-refractivity contribution in [2.24, 2.45) is 0 Å². The predicted octanol–water partition coefficient (Wildman–Crippen LogP) is 0.478. The molecule has 21 heavy (non-hydrogen) atoms. The van der Waals surface area contributed by atoms with Crippen molar-refractivity contribution < 1.29 is 29.5 Å². The Kier molecular flexibility index (Phi) is 3.57. The van der Waals surface area contributed by atoms with Crippen molar-refractivity contribution in [3.05, 3.63) is 39.4 Å². The SMILES string of the molecule is O=C(O)CC(C(=O)O)N1Cc2c(cccc2[N+](=O)[O-])C1=O. The summed E-state index contributed by atoms with van der Waals surface area (Å²) in [6.07, 6.45) is -0.775. The molecule has 1 heterocycles. The first kappa shape index (κ1) is 14.4. The maximum Gasteiger partial charge on any atom is 0.327 e. The van der Waals surface area contributed by atoms with Gasteiger partial charge >= 0.3 is 11.9 Å². The molecule has 0 saturated carbocycles. The number of carbonyl (C=O) groups is 3. The fourth-order valence-electron chi connectivity index (χ4n) is 2.26. The number of fused-ring (bicyclic) bond motifs is 1. The van der Waals surface area contributed by atoms with Crippen LogP contribution < -0.4 is 0 Å². The van der Waals surface area contributed by atoms with Crippen molar-refractivity contribution in [1.82, 2.24) is 4.90 Å². The van der Waals surface area contributed by atoms with Crippen LogP contribution in [-0.2, 0) is 16.1 Å². The maximum atomic E-state index is 12.1. The van der Waals surface area contributed by atoms with E-state index in [0.717, 1.165) is 4.90 Å². The van der Waals surface area contributed by atoms with Gasteiger partial charge in [-0.15, -0.1) is 0 Å². The fourth-order valence-corrected chi connectivity index (χ4v) is 2.26. The molecule has 9 heteroatoms. The summed E-state index contributed by atoms with van der Waals surface area (Å²) >= 11 is 0. The molecular formula is C12H10N2O7. The molecule has 1 aromatic rings. The van der Waals surface area contributed by atoms with E-state index in [-0.39, 0.29) is 23.4 Å². The lowest BCUT2D eigenvalue weighted by Crippen LogP contribution is -2.42. The van der Waals surface area contributed by atoms with Gasteiger partial charge in [-0.3, -0.25) is 19.7 Å². The zero-order chi connectivity index (χ0) is 15.7. The average molecular weight is 294 g/mol. The smallest absolute Gasteiger partial charge is 0.327 e. The molecule has 0 radical (unpaired) electrons. The Bertz CT molecular complexity index is 655. The monoisotopic (exact) mass is 294 g/mol. The summed E-state index contributed by atoms with van der Waals surface area (Å²) < 4.78 is 0. The fraction of sp³-hybridized carbons (Fsp3) is 0.250. The number of nitro benzene ring substituents is 1. The average Bonchev–Trinajstić information content (AvgIpc) is 2.72. The second-order valence-electron chi connectivity index (χ2n) is 4.45. The summed E-state index contributed by atoms with van der Waals surface area (Å²) in [7, 11) is 0. The Balaban J connectivity index is 2.41. The predicted molar refractivity (Wildman–Crippen MR) is 66.6 cm³/mol. The van der Waals surface area contributed by atoms with Crippen LogP contribution in [0.25, 0.3) is 0 Å². The highest BCUT2D eigenvalue weighted by Crippen LogP contribution is 2.32. The van der Waals surface area contributed by atoms with Crippen LogP contribution in [0.15, 0.2) is 18.2 Å². The van der Waals surface area contributed by atoms with Crippen LogP contribution in [0.2, 0.25) is 0 Å². The lowest BCUT2D eigenvalue weighted by Gasteiger charge is -2.22. The topological polar surface area (TPSA) is 138 Å². The Hall–Kier alpha value is -2.97. The van der Waals surface area contributed by atoms with Gasteiger partial charge in [0.1, 0.15) is 6.04 Å². The normalized spacial score (nSPS) is 14.7. The third kappa shape index (κ3) is 2.53. The summed E-state index contributed by atoms with van der Waals surface area (Å²) in [6.45, 7) is -0.296. The molecule has 1 aromatic carbocycles. The molecule has 0 spiro atoms. The number of rotatable bonds is 5. The zero-order valence-corrected chi connectivity index (χ0v) is 10.6. The van der Waals surface area contributed by atoms with E-state index in [1.807, 2.05) is 0 Å². The number of nitro groups is 1. The first-order chi connectivity index (χ1) is 9.82. The summed E-state index contributed by atoms with van der Waals surface area (Å²) in [4.78, 5) is 45.1. The van der Waals surface area contributed by atoms with Crippen molar-refractivity contribution in [2.75, 3.05) is 0 Å². The van der Waals surface area contributed by atoms with E-state index in [0.29, 0.717) is 0 Å². The molecule has 1 atom stereocenters. The highest BCUT2D eigenvalue weighted by Gasteiger charge is 2.40. The van der Waals surface area contributed by atoms with Crippen LogP contribution in [0.4, 0.5) is 5.69 Å². The summed E-state index contributed by atoms with van der Waals surface area (Å²) in [6, 6.07) is 2.32. The molecule has 0 bridgehead atoms. The van der Waals surface area contributed by atoms with E-state index in [2.05, 4.69) is 0 Å². The summed E-state index contributed by atoms with van der Waals surface area (Å²) in [5.41, 5.74) is -0.159. The number of nitrogens with zero attached hydrogens (tertiary/aromatic N) is 2. The van der Waals surface area contributed by atoms with Crippen LogP contribution in [0.1, 0.15) is 22.3 Å². The van der Waals surface area contributed by atoms with Crippen molar-refractivity contribution in [3.8, 4) is 0 Å². The van der Waals surface area contributed by atoms with Gasteiger partial charge in [0.25, 0.3) is 11.6 Å². The minimum atomic E-state index is -1.57. The third-order valence-corrected chi connectivity index (χ3v) is 3.20. The van der Waals surface area contributed by atoms with Gasteiger partial charge in [0.2, 0.25) is 0 Å². The maximum absolute atomic E-state index is 12.1. The molecule has 2 N–H and O–H groups in total. The van der Waals surface area contributed by atoms with E-state index in [9.17, 15) is 24.5 Å². The van der Waals surface area contributed by atoms with Gasteiger partial charge in [-0.05, 0) is 6.07 Å². The number of carbonyl (C=O) groups excluding carboxylic acids is 1. The number of carboxylic acids is 2. The first-order valence-corrected chi connectivity index (χ1v) is 5.84. The number of carboxylic acid groups (broad SMARTS) is 2. The van der Waals surface area contributed by atoms with Crippen LogP contribution in [0.3, 0.4) is 0 Å². The van der Waals surface area contributed by atoms with Gasteiger partial charge in [-0.1, -0.05) is 6.07 Å². The second kappa shape index (κ2) is 5.19. The number of aliphatic carboxylic acids is 2. The lowest BCUT2D eigenvalue weighted by atomic mass is 10.1. The van der Waals surface area contributed by atoms with E-state index < -0.39 is 35.2 Å². The minimum absolute atomic E-state index is 0.0286. The largest absolute Gasteiger partial charge is 0.481 e. The molecule has 2 rings (SSSR count). The Morgan fingerprint density at radius 3 is 2.57 bits per heavy atom. The van der Waals surface area contributed by atoms with E-state index >= 15 is 0 Å². The molecule has 0 fully saturated rings. The molecule has 0 aromatic heterocycles. The van der Waals surface area contributed by atoms with Crippen molar-refractivity contribution >= 4 is 23.5 Å².